The summed E-state index contributed by atoms with van der Waals surface area (Å²) in [5, 5.41) is 3.09. The minimum atomic E-state index is -0.116. The van der Waals surface area contributed by atoms with E-state index in [0.29, 0.717) is 0 Å². The number of hydrogen-bond donors (Lipinski definition) is 1. The zero-order valence-electron chi connectivity index (χ0n) is 17.6. The summed E-state index contributed by atoms with van der Waals surface area (Å²) in [7, 11) is 0. The van der Waals surface area contributed by atoms with Gasteiger partial charge in [0.15, 0.2) is 0 Å². The van der Waals surface area contributed by atoms with E-state index in [0.717, 1.165) is 37.6 Å². The van der Waals surface area contributed by atoms with Crippen LogP contribution in [0.3, 0.4) is 0 Å². The number of para-hydroxylation sites is 1. The van der Waals surface area contributed by atoms with E-state index in [1.54, 1.807) is 6.92 Å². The summed E-state index contributed by atoms with van der Waals surface area (Å²) in [6, 6.07) is 26.7. The van der Waals surface area contributed by atoms with Crippen LogP contribution in [0.4, 0.5) is 0 Å². The highest BCUT2D eigenvalue weighted by Gasteiger charge is 2.34. The Morgan fingerprint density at radius 2 is 1.53 bits per heavy atom. The van der Waals surface area contributed by atoms with Crippen LogP contribution >= 0.6 is 0 Å². The van der Waals surface area contributed by atoms with Gasteiger partial charge in [-0.15, -0.1) is 0 Å². The van der Waals surface area contributed by atoms with E-state index in [-0.39, 0.29) is 11.4 Å². The number of nitrogens with zero attached hydrogens (tertiary/aromatic N) is 1. The quantitative estimate of drug-likeness (QED) is 0.615. The number of benzene rings is 3. The number of nitrogens with one attached hydrogen (secondary N) is 1. The molecule has 154 valence electrons. The normalized spacial score (nSPS) is 18.9. The SMILES string of the molecule is CC(=O)NC1(C)CCN(Cc2ccc(-c3ccc(Oc4ccccc4)cc3)cc2)C1. The van der Waals surface area contributed by atoms with Crippen LogP contribution in [-0.4, -0.2) is 29.4 Å². The molecule has 3 aromatic carbocycles. The van der Waals surface area contributed by atoms with Gasteiger partial charge < -0.3 is 10.1 Å². The summed E-state index contributed by atoms with van der Waals surface area (Å²) in [4.78, 5) is 13.8. The zero-order valence-corrected chi connectivity index (χ0v) is 17.6. The van der Waals surface area contributed by atoms with Gasteiger partial charge in [-0.1, -0.05) is 54.6 Å². The summed E-state index contributed by atoms with van der Waals surface area (Å²) in [6.45, 7) is 6.51. The van der Waals surface area contributed by atoms with Crippen molar-refractivity contribution in [2.24, 2.45) is 0 Å². The molecule has 1 saturated heterocycles. The molecule has 1 amide bonds. The van der Waals surface area contributed by atoms with Crippen molar-refractivity contribution in [2.45, 2.75) is 32.4 Å². The maximum absolute atomic E-state index is 11.4. The molecule has 0 aromatic heterocycles. The van der Waals surface area contributed by atoms with Gasteiger partial charge in [-0.25, -0.2) is 0 Å². The maximum Gasteiger partial charge on any atom is 0.217 e. The van der Waals surface area contributed by atoms with Gasteiger partial charge in [-0.3, -0.25) is 9.69 Å². The van der Waals surface area contributed by atoms with Crippen molar-refractivity contribution in [3.05, 3.63) is 84.4 Å². The molecule has 4 rings (SSSR count). The molecule has 0 bridgehead atoms. The van der Waals surface area contributed by atoms with Crippen LogP contribution in [-0.2, 0) is 11.3 Å². The predicted octanol–water partition coefficient (Wildman–Crippen LogP) is 5.25. The first-order valence-electron chi connectivity index (χ1n) is 10.4. The van der Waals surface area contributed by atoms with Crippen LogP contribution in [0.5, 0.6) is 11.5 Å². The molecule has 1 atom stereocenters. The molecule has 0 saturated carbocycles. The van der Waals surface area contributed by atoms with E-state index in [1.165, 1.54) is 16.7 Å². The molecule has 30 heavy (non-hydrogen) atoms. The van der Waals surface area contributed by atoms with Crippen LogP contribution in [0.15, 0.2) is 78.9 Å². The van der Waals surface area contributed by atoms with E-state index in [4.69, 9.17) is 4.74 Å². The van der Waals surface area contributed by atoms with Crippen LogP contribution in [0, 0.1) is 0 Å². The van der Waals surface area contributed by atoms with Gasteiger partial charge in [0.25, 0.3) is 0 Å². The lowest BCUT2D eigenvalue weighted by Gasteiger charge is -2.25. The van der Waals surface area contributed by atoms with Crippen molar-refractivity contribution in [2.75, 3.05) is 13.1 Å². The highest BCUT2D eigenvalue weighted by molar-refractivity contribution is 5.73. The molecular formula is C26H28N2O2. The summed E-state index contributed by atoms with van der Waals surface area (Å²) in [5.74, 6) is 1.72. The van der Waals surface area contributed by atoms with Gasteiger partial charge in [-0.2, -0.15) is 0 Å². The second kappa shape index (κ2) is 8.72. The first-order chi connectivity index (χ1) is 14.5. The second-order valence-corrected chi connectivity index (χ2v) is 8.34. The molecule has 1 heterocycles. The average Bonchev–Trinajstić information content (AvgIpc) is 3.09. The molecule has 3 aromatic rings. The minimum Gasteiger partial charge on any atom is -0.457 e. The monoisotopic (exact) mass is 400 g/mol. The maximum atomic E-state index is 11.4. The fraction of sp³-hybridized carbons (Fsp3) is 0.269. The Labute approximate surface area is 178 Å². The van der Waals surface area contributed by atoms with Crippen molar-refractivity contribution in [3.63, 3.8) is 0 Å². The van der Waals surface area contributed by atoms with Gasteiger partial charge >= 0.3 is 0 Å². The zero-order chi connectivity index (χ0) is 21.0. The van der Waals surface area contributed by atoms with Gasteiger partial charge in [0.2, 0.25) is 5.91 Å². The van der Waals surface area contributed by atoms with Crippen LogP contribution in [0.25, 0.3) is 11.1 Å². The first-order valence-corrected chi connectivity index (χ1v) is 10.4. The Hall–Kier alpha value is -3.11. The number of ether oxygens (including phenoxy) is 1. The number of carbonyl (C=O) groups is 1. The Kier molecular flexibility index (Phi) is 5.86. The Morgan fingerprint density at radius 3 is 2.17 bits per heavy atom. The van der Waals surface area contributed by atoms with E-state index < -0.39 is 0 Å². The largest absolute Gasteiger partial charge is 0.457 e. The predicted molar refractivity (Wildman–Crippen MR) is 121 cm³/mol. The number of hydrogen-bond acceptors (Lipinski definition) is 3. The lowest BCUT2D eigenvalue weighted by molar-refractivity contribution is -0.120. The van der Waals surface area contributed by atoms with E-state index in [2.05, 4.69) is 53.5 Å². The molecule has 0 aliphatic carbocycles. The molecule has 4 heteroatoms. The topological polar surface area (TPSA) is 41.6 Å². The lowest BCUT2D eigenvalue weighted by atomic mass is 10.0. The summed E-state index contributed by atoms with van der Waals surface area (Å²) >= 11 is 0. The van der Waals surface area contributed by atoms with E-state index in [1.807, 2.05) is 42.5 Å². The van der Waals surface area contributed by atoms with Crippen LogP contribution < -0.4 is 10.1 Å². The third-order valence-electron chi connectivity index (χ3n) is 5.56. The smallest absolute Gasteiger partial charge is 0.217 e. The summed E-state index contributed by atoms with van der Waals surface area (Å²) in [6.07, 6.45) is 0.988. The first kappa shape index (κ1) is 20.2. The molecular weight excluding hydrogens is 372 g/mol. The summed E-state index contributed by atoms with van der Waals surface area (Å²) < 4.78 is 5.87. The fourth-order valence-corrected chi connectivity index (χ4v) is 4.12. The average molecular weight is 401 g/mol. The molecule has 4 nitrogen and oxygen atoms in total. The minimum absolute atomic E-state index is 0.0453. The van der Waals surface area contributed by atoms with Gasteiger partial charge in [0.05, 0.1) is 5.54 Å². The number of carbonyl (C=O) groups excluding carboxylic acids is 1. The van der Waals surface area contributed by atoms with Gasteiger partial charge in [-0.05, 0) is 54.3 Å². The molecule has 1 aliphatic rings. The molecule has 1 unspecified atom stereocenters. The van der Waals surface area contributed by atoms with Crippen LogP contribution in [0.2, 0.25) is 0 Å². The van der Waals surface area contributed by atoms with E-state index in [9.17, 15) is 4.79 Å². The Bertz CT molecular complexity index is 984. The van der Waals surface area contributed by atoms with Gasteiger partial charge in [0.1, 0.15) is 11.5 Å². The van der Waals surface area contributed by atoms with Crippen LogP contribution in [0.1, 0.15) is 25.8 Å². The molecule has 0 radical (unpaired) electrons. The standard InChI is InChI=1S/C26H28N2O2/c1-20(29)27-26(2)16-17-28(19-26)18-21-8-10-22(11-9-21)23-12-14-25(15-13-23)30-24-6-4-3-5-7-24/h3-15H,16-19H2,1-2H3,(H,27,29). The van der Waals surface area contributed by atoms with E-state index >= 15 is 0 Å². The number of amides is 1. The highest BCUT2D eigenvalue weighted by atomic mass is 16.5. The van der Waals surface area contributed by atoms with Crippen molar-refractivity contribution in [3.8, 4) is 22.6 Å². The summed E-state index contributed by atoms with van der Waals surface area (Å²) in [5.41, 5.74) is 3.53. The lowest BCUT2D eigenvalue weighted by Crippen LogP contribution is -2.46. The Balaban J connectivity index is 1.36. The number of likely N-dealkylation sites (tertiary alicyclic amines) is 1. The number of rotatable bonds is 6. The third kappa shape index (κ3) is 5.08. The van der Waals surface area contributed by atoms with Crippen molar-refractivity contribution >= 4 is 5.91 Å². The Morgan fingerprint density at radius 1 is 0.933 bits per heavy atom. The van der Waals surface area contributed by atoms with Crippen molar-refractivity contribution in [1.29, 1.82) is 0 Å². The second-order valence-electron chi connectivity index (χ2n) is 8.34. The highest BCUT2D eigenvalue weighted by Crippen LogP contribution is 2.27. The third-order valence-corrected chi connectivity index (χ3v) is 5.56. The molecule has 1 N–H and O–H groups in total. The van der Waals surface area contributed by atoms with Gasteiger partial charge in [0, 0.05) is 26.6 Å². The van der Waals surface area contributed by atoms with Crippen molar-refractivity contribution < 1.29 is 9.53 Å². The molecule has 1 fully saturated rings. The fourth-order valence-electron chi connectivity index (χ4n) is 4.12. The molecule has 0 spiro atoms. The van der Waals surface area contributed by atoms with Crippen molar-refractivity contribution in [1.82, 2.24) is 10.2 Å². The molecule has 1 aliphatic heterocycles.